The Kier molecular flexibility index (Phi) is 4.01. The van der Waals surface area contributed by atoms with Crippen LogP contribution in [0, 0.1) is 18.3 Å². The summed E-state index contributed by atoms with van der Waals surface area (Å²) in [6, 6.07) is 12.4. The van der Waals surface area contributed by atoms with Crippen LogP contribution in [0.5, 0.6) is 0 Å². The standard InChI is InChI=1S/C24H28N2O2/c1-15-9-10-21(20-8-4-3-7-19(15)20)22(27)25-17-12-18(13-17)26(2)23(28)24-11-5-6-16(24)14-24/h3-4,7-10,16-18H,5-6,11-14H2,1-2H3,(H,25,27)/t16-,17?,18?,24-/m1/s1. The van der Waals surface area contributed by atoms with Gasteiger partial charge in [-0.1, -0.05) is 36.8 Å². The molecule has 0 heterocycles. The molecule has 4 nitrogen and oxygen atoms in total. The number of amides is 2. The first-order valence-electron chi connectivity index (χ1n) is 10.6. The van der Waals surface area contributed by atoms with E-state index in [2.05, 4.69) is 18.3 Å². The van der Waals surface area contributed by atoms with Gasteiger partial charge in [0, 0.05) is 24.7 Å². The molecule has 3 saturated carbocycles. The minimum absolute atomic E-state index is 0.00901. The molecule has 0 saturated heterocycles. The second-order valence-electron chi connectivity index (χ2n) is 9.14. The maximum atomic E-state index is 12.9. The zero-order chi connectivity index (χ0) is 19.5. The molecule has 3 fully saturated rings. The highest BCUT2D eigenvalue weighted by Crippen LogP contribution is 2.64. The van der Waals surface area contributed by atoms with Crippen molar-refractivity contribution in [3.05, 3.63) is 47.5 Å². The van der Waals surface area contributed by atoms with E-state index < -0.39 is 0 Å². The molecule has 2 amide bonds. The Morgan fingerprint density at radius 3 is 2.54 bits per heavy atom. The summed E-state index contributed by atoms with van der Waals surface area (Å²) in [7, 11) is 1.96. The first kappa shape index (κ1) is 17.7. The van der Waals surface area contributed by atoms with Gasteiger partial charge in [-0.2, -0.15) is 0 Å². The third kappa shape index (κ3) is 2.65. The lowest BCUT2D eigenvalue weighted by molar-refractivity contribution is -0.140. The van der Waals surface area contributed by atoms with Crippen LogP contribution < -0.4 is 5.32 Å². The van der Waals surface area contributed by atoms with Crippen molar-refractivity contribution in [2.24, 2.45) is 11.3 Å². The average molecular weight is 377 g/mol. The SMILES string of the molecule is Cc1ccc(C(=O)NC2CC(N(C)C(=O)[C@@]34CCC[C@@H]3C4)C2)c2ccccc12. The highest BCUT2D eigenvalue weighted by molar-refractivity contribution is 6.08. The summed E-state index contributed by atoms with van der Waals surface area (Å²) in [6.07, 6.45) is 6.33. The number of carbonyl (C=O) groups is 2. The molecule has 0 unspecified atom stereocenters. The first-order valence-corrected chi connectivity index (χ1v) is 10.6. The maximum absolute atomic E-state index is 12.9. The predicted molar refractivity (Wildman–Crippen MR) is 110 cm³/mol. The third-order valence-electron chi connectivity index (χ3n) is 7.54. The molecule has 4 heteroatoms. The van der Waals surface area contributed by atoms with Crippen molar-refractivity contribution >= 4 is 22.6 Å². The van der Waals surface area contributed by atoms with Crippen molar-refractivity contribution in [3.8, 4) is 0 Å². The normalized spacial score (nSPS) is 30.4. The molecule has 28 heavy (non-hydrogen) atoms. The fraction of sp³-hybridized carbons (Fsp3) is 0.500. The van der Waals surface area contributed by atoms with Crippen molar-refractivity contribution in [3.63, 3.8) is 0 Å². The van der Waals surface area contributed by atoms with E-state index >= 15 is 0 Å². The maximum Gasteiger partial charge on any atom is 0.252 e. The molecule has 146 valence electrons. The zero-order valence-electron chi connectivity index (χ0n) is 16.7. The van der Waals surface area contributed by atoms with Crippen LogP contribution in [0.4, 0.5) is 0 Å². The van der Waals surface area contributed by atoms with Crippen molar-refractivity contribution in [1.82, 2.24) is 10.2 Å². The average Bonchev–Trinajstić information content (AvgIpc) is 3.24. The second kappa shape index (κ2) is 6.33. The van der Waals surface area contributed by atoms with E-state index in [9.17, 15) is 9.59 Å². The smallest absolute Gasteiger partial charge is 0.252 e. The van der Waals surface area contributed by atoms with Crippen molar-refractivity contribution < 1.29 is 9.59 Å². The van der Waals surface area contributed by atoms with Gasteiger partial charge in [-0.05, 0) is 67.3 Å². The van der Waals surface area contributed by atoms with Gasteiger partial charge in [-0.25, -0.2) is 0 Å². The third-order valence-corrected chi connectivity index (χ3v) is 7.54. The van der Waals surface area contributed by atoms with Crippen LogP contribution in [-0.4, -0.2) is 35.8 Å². The van der Waals surface area contributed by atoms with Gasteiger partial charge >= 0.3 is 0 Å². The van der Waals surface area contributed by atoms with Crippen LogP contribution in [0.3, 0.4) is 0 Å². The Balaban J connectivity index is 1.22. The molecule has 5 rings (SSSR count). The first-order chi connectivity index (χ1) is 13.5. The molecule has 0 spiro atoms. The van der Waals surface area contributed by atoms with Crippen molar-refractivity contribution in [2.75, 3.05) is 7.05 Å². The highest BCUT2D eigenvalue weighted by atomic mass is 16.2. The van der Waals surface area contributed by atoms with Gasteiger partial charge in [0.2, 0.25) is 5.91 Å². The van der Waals surface area contributed by atoms with E-state index in [1.54, 1.807) is 0 Å². The van der Waals surface area contributed by atoms with Crippen LogP contribution in [0.2, 0.25) is 0 Å². The van der Waals surface area contributed by atoms with E-state index in [0.717, 1.165) is 42.0 Å². The summed E-state index contributed by atoms with van der Waals surface area (Å²) in [4.78, 5) is 27.8. The van der Waals surface area contributed by atoms with E-state index in [-0.39, 0.29) is 23.4 Å². The fourth-order valence-electron chi connectivity index (χ4n) is 5.55. The summed E-state index contributed by atoms with van der Waals surface area (Å²) < 4.78 is 0. The number of nitrogens with one attached hydrogen (secondary N) is 1. The Labute approximate surface area is 166 Å². The number of carbonyl (C=O) groups excluding carboxylic acids is 2. The van der Waals surface area contributed by atoms with Crippen LogP contribution >= 0.6 is 0 Å². The molecule has 2 atom stereocenters. The van der Waals surface area contributed by atoms with Crippen LogP contribution in [0.1, 0.15) is 54.4 Å². The lowest BCUT2D eigenvalue weighted by atomic mass is 9.84. The van der Waals surface area contributed by atoms with Gasteiger partial charge in [-0.3, -0.25) is 9.59 Å². The Morgan fingerprint density at radius 2 is 1.86 bits per heavy atom. The molecule has 2 aromatic carbocycles. The molecule has 1 N–H and O–H groups in total. The van der Waals surface area contributed by atoms with Gasteiger partial charge < -0.3 is 10.2 Å². The molecule has 0 aromatic heterocycles. The number of rotatable bonds is 4. The van der Waals surface area contributed by atoms with Gasteiger partial charge in [0.25, 0.3) is 5.91 Å². The zero-order valence-corrected chi connectivity index (χ0v) is 16.7. The number of nitrogens with zero attached hydrogens (tertiary/aromatic N) is 1. The lowest BCUT2D eigenvalue weighted by Crippen LogP contribution is -2.55. The number of aryl methyl sites for hydroxylation is 1. The minimum atomic E-state index is -0.0100. The number of benzene rings is 2. The summed E-state index contributed by atoms with van der Waals surface area (Å²) in [5, 5.41) is 5.31. The van der Waals surface area contributed by atoms with Crippen molar-refractivity contribution in [1.29, 1.82) is 0 Å². The number of hydrogen-bond acceptors (Lipinski definition) is 2. The van der Waals surface area contributed by atoms with Crippen molar-refractivity contribution in [2.45, 2.75) is 57.5 Å². The number of fused-ring (bicyclic) bond motifs is 2. The Morgan fingerprint density at radius 1 is 1.11 bits per heavy atom. The highest BCUT2D eigenvalue weighted by Gasteiger charge is 2.63. The summed E-state index contributed by atoms with van der Waals surface area (Å²) in [6.45, 7) is 2.07. The van der Waals surface area contributed by atoms with Gasteiger partial charge in [0.15, 0.2) is 0 Å². The monoisotopic (exact) mass is 376 g/mol. The van der Waals surface area contributed by atoms with Crippen LogP contribution in [0.25, 0.3) is 10.8 Å². The summed E-state index contributed by atoms with van der Waals surface area (Å²) >= 11 is 0. The molecule has 0 bridgehead atoms. The topological polar surface area (TPSA) is 49.4 Å². The molecule has 3 aliphatic carbocycles. The van der Waals surface area contributed by atoms with Gasteiger partial charge in [0.1, 0.15) is 0 Å². The molecule has 0 radical (unpaired) electrons. The fourth-order valence-corrected chi connectivity index (χ4v) is 5.55. The lowest BCUT2D eigenvalue weighted by Gasteiger charge is -2.42. The minimum Gasteiger partial charge on any atom is -0.349 e. The van der Waals surface area contributed by atoms with E-state index in [1.165, 1.54) is 18.4 Å². The predicted octanol–water partition coefficient (Wildman–Crippen LogP) is 4.06. The summed E-state index contributed by atoms with van der Waals surface area (Å²) in [5.74, 6) is 0.993. The largest absolute Gasteiger partial charge is 0.349 e. The van der Waals surface area contributed by atoms with E-state index in [1.807, 2.05) is 42.3 Å². The van der Waals surface area contributed by atoms with E-state index in [0.29, 0.717) is 11.8 Å². The second-order valence-corrected chi connectivity index (χ2v) is 9.14. The van der Waals surface area contributed by atoms with Gasteiger partial charge in [0.05, 0.1) is 5.41 Å². The number of hydrogen-bond donors (Lipinski definition) is 1. The van der Waals surface area contributed by atoms with Crippen LogP contribution in [0.15, 0.2) is 36.4 Å². The Bertz CT molecular complexity index is 962. The summed E-state index contributed by atoms with van der Waals surface area (Å²) in [5.41, 5.74) is 1.91. The van der Waals surface area contributed by atoms with E-state index in [4.69, 9.17) is 0 Å². The molecular formula is C24H28N2O2. The molecule has 0 aliphatic heterocycles. The molecule has 3 aliphatic rings. The molecule has 2 aromatic rings. The Hall–Kier alpha value is -2.36. The molecular weight excluding hydrogens is 348 g/mol. The quantitative estimate of drug-likeness (QED) is 0.875. The van der Waals surface area contributed by atoms with Crippen LogP contribution in [-0.2, 0) is 4.79 Å². The van der Waals surface area contributed by atoms with Gasteiger partial charge in [-0.15, -0.1) is 0 Å².